The molecule has 2 fully saturated rings. The number of hydrogen-bond donors (Lipinski definition) is 0. The third-order valence-electron chi connectivity index (χ3n) is 3.51. The third-order valence-corrected chi connectivity index (χ3v) is 4.06. The van der Waals surface area contributed by atoms with Crippen molar-refractivity contribution in [3.63, 3.8) is 0 Å². The Labute approximate surface area is 104 Å². The van der Waals surface area contributed by atoms with E-state index in [0.717, 1.165) is 6.04 Å². The number of nitrogens with zero attached hydrogens (tertiary/aromatic N) is 3. The van der Waals surface area contributed by atoms with Crippen LogP contribution in [0.15, 0.2) is 12.4 Å². The molecule has 1 aliphatic carbocycles. The lowest BCUT2D eigenvalue weighted by Crippen LogP contribution is -2.36. The number of piperidine rings is 1. The molecule has 1 aromatic rings. The van der Waals surface area contributed by atoms with Crippen molar-refractivity contribution in [3.05, 3.63) is 16.0 Å². The topological polar surface area (TPSA) is 21.1 Å². The molecule has 1 saturated carbocycles. The molecule has 2 aliphatic rings. The van der Waals surface area contributed by atoms with Gasteiger partial charge in [0.25, 0.3) is 0 Å². The van der Waals surface area contributed by atoms with Gasteiger partial charge in [0.2, 0.25) is 0 Å². The van der Waals surface area contributed by atoms with Crippen molar-refractivity contribution in [2.45, 2.75) is 37.8 Å². The number of hydrogen-bond acceptors (Lipinski definition) is 2. The lowest BCUT2D eigenvalue weighted by Gasteiger charge is -2.31. The van der Waals surface area contributed by atoms with E-state index in [1.165, 1.54) is 42.3 Å². The number of likely N-dealkylation sites (tertiary alicyclic amines) is 1. The molecular formula is C11H16IN3. The van der Waals surface area contributed by atoms with E-state index >= 15 is 0 Å². The standard InChI is InChI=1S/C11H16IN3/c12-9-7-13-15(8-9)11-3-5-14(6-4-11)10-1-2-10/h7-8,10-11H,1-6H2. The van der Waals surface area contributed by atoms with Gasteiger partial charge in [-0.05, 0) is 48.3 Å². The molecule has 4 heteroatoms. The van der Waals surface area contributed by atoms with Crippen LogP contribution in [-0.2, 0) is 0 Å². The molecule has 1 saturated heterocycles. The Morgan fingerprint density at radius 1 is 1.13 bits per heavy atom. The van der Waals surface area contributed by atoms with Crippen molar-refractivity contribution >= 4 is 22.6 Å². The van der Waals surface area contributed by atoms with Crippen LogP contribution in [0.2, 0.25) is 0 Å². The molecule has 0 amide bonds. The molecule has 0 spiro atoms. The maximum absolute atomic E-state index is 4.42. The van der Waals surface area contributed by atoms with Gasteiger partial charge in [-0.2, -0.15) is 5.10 Å². The van der Waals surface area contributed by atoms with Gasteiger partial charge in [-0.15, -0.1) is 0 Å². The highest BCUT2D eigenvalue weighted by molar-refractivity contribution is 14.1. The minimum atomic E-state index is 0.642. The molecule has 82 valence electrons. The molecule has 0 bridgehead atoms. The van der Waals surface area contributed by atoms with Gasteiger partial charge in [-0.25, -0.2) is 0 Å². The van der Waals surface area contributed by atoms with Crippen LogP contribution in [0.5, 0.6) is 0 Å². The van der Waals surface area contributed by atoms with E-state index in [-0.39, 0.29) is 0 Å². The Hall–Kier alpha value is -0.100. The van der Waals surface area contributed by atoms with Crippen molar-refractivity contribution in [1.82, 2.24) is 14.7 Å². The van der Waals surface area contributed by atoms with Crippen molar-refractivity contribution in [1.29, 1.82) is 0 Å². The number of rotatable bonds is 2. The average Bonchev–Trinajstić information content (AvgIpc) is 3.02. The van der Waals surface area contributed by atoms with Crippen LogP contribution in [0, 0.1) is 3.57 Å². The summed E-state index contributed by atoms with van der Waals surface area (Å²) in [4.78, 5) is 2.66. The molecule has 0 N–H and O–H groups in total. The Morgan fingerprint density at radius 3 is 2.40 bits per heavy atom. The highest BCUT2D eigenvalue weighted by atomic mass is 127. The number of halogens is 1. The zero-order valence-electron chi connectivity index (χ0n) is 8.77. The molecule has 3 rings (SSSR count). The van der Waals surface area contributed by atoms with E-state index in [2.05, 4.69) is 43.5 Å². The molecule has 2 heterocycles. The zero-order valence-corrected chi connectivity index (χ0v) is 10.9. The molecule has 3 nitrogen and oxygen atoms in total. The second kappa shape index (κ2) is 4.05. The zero-order chi connectivity index (χ0) is 10.3. The van der Waals surface area contributed by atoms with E-state index in [4.69, 9.17) is 0 Å². The summed E-state index contributed by atoms with van der Waals surface area (Å²) in [7, 11) is 0. The van der Waals surface area contributed by atoms with Gasteiger partial charge in [-0.1, -0.05) is 0 Å². The Kier molecular flexibility index (Phi) is 2.72. The Morgan fingerprint density at radius 2 is 1.87 bits per heavy atom. The molecule has 0 aromatic carbocycles. The van der Waals surface area contributed by atoms with Crippen LogP contribution >= 0.6 is 22.6 Å². The molecule has 1 aromatic heterocycles. The van der Waals surface area contributed by atoms with E-state index in [1.54, 1.807) is 0 Å². The Bertz CT molecular complexity index is 337. The normalized spacial score (nSPS) is 24.6. The van der Waals surface area contributed by atoms with Gasteiger partial charge in [-0.3, -0.25) is 4.68 Å². The highest BCUT2D eigenvalue weighted by Crippen LogP contribution is 2.32. The summed E-state index contributed by atoms with van der Waals surface area (Å²) in [6.45, 7) is 2.54. The fourth-order valence-electron chi connectivity index (χ4n) is 2.47. The first-order chi connectivity index (χ1) is 7.33. The first-order valence-corrected chi connectivity index (χ1v) is 6.84. The summed E-state index contributed by atoms with van der Waals surface area (Å²) >= 11 is 2.33. The number of aromatic nitrogens is 2. The largest absolute Gasteiger partial charge is 0.300 e. The summed E-state index contributed by atoms with van der Waals surface area (Å²) in [6, 6.07) is 1.58. The minimum absolute atomic E-state index is 0.642. The van der Waals surface area contributed by atoms with E-state index in [0.29, 0.717) is 6.04 Å². The second-order valence-electron chi connectivity index (χ2n) is 4.64. The maximum Gasteiger partial charge on any atom is 0.0623 e. The fourth-order valence-corrected chi connectivity index (χ4v) is 2.88. The second-order valence-corrected chi connectivity index (χ2v) is 5.88. The summed E-state index contributed by atoms with van der Waals surface area (Å²) in [5.41, 5.74) is 0. The monoisotopic (exact) mass is 317 g/mol. The molecule has 15 heavy (non-hydrogen) atoms. The van der Waals surface area contributed by atoms with Gasteiger partial charge in [0.1, 0.15) is 0 Å². The van der Waals surface area contributed by atoms with Crippen LogP contribution < -0.4 is 0 Å². The minimum Gasteiger partial charge on any atom is -0.300 e. The summed E-state index contributed by atoms with van der Waals surface area (Å²) in [5.74, 6) is 0. The van der Waals surface area contributed by atoms with E-state index in [9.17, 15) is 0 Å². The van der Waals surface area contributed by atoms with Gasteiger partial charge < -0.3 is 4.90 Å². The molecule has 0 atom stereocenters. The first kappa shape index (κ1) is 10.1. The average molecular weight is 317 g/mol. The van der Waals surface area contributed by atoms with Crippen LogP contribution in [0.1, 0.15) is 31.7 Å². The van der Waals surface area contributed by atoms with Gasteiger partial charge in [0, 0.05) is 25.3 Å². The van der Waals surface area contributed by atoms with Crippen LogP contribution in [0.25, 0.3) is 0 Å². The van der Waals surface area contributed by atoms with Crippen LogP contribution in [0.4, 0.5) is 0 Å². The molecule has 1 aliphatic heterocycles. The lowest BCUT2D eigenvalue weighted by atomic mass is 10.1. The smallest absolute Gasteiger partial charge is 0.0623 e. The van der Waals surface area contributed by atoms with Gasteiger partial charge in [0.15, 0.2) is 0 Å². The van der Waals surface area contributed by atoms with Crippen LogP contribution in [-0.4, -0.2) is 33.8 Å². The third kappa shape index (κ3) is 2.20. The van der Waals surface area contributed by atoms with Crippen molar-refractivity contribution in [3.8, 4) is 0 Å². The predicted molar refractivity (Wildman–Crippen MR) is 67.8 cm³/mol. The van der Waals surface area contributed by atoms with Crippen molar-refractivity contribution in [2.24, 2.45) is 0 Å². The lowest BCUT2D eigenvalue weighted by molar-refractivity contribution is 0.172. The predicted octanol–water partition coefficient (Wildman–Crippen LogP) is 2.29. The summed E-state index contributed by atoms with van der Waals surface area (Å²) in [5, 5.41) is 4.42. The first-order valence-electron chi connectivity index (χ1n) is 5.76. The molecule has 0 radical (unpaired) electrons. The van der Waals surface area contributed by atoms with Gasteiger partial charge in [0.05, 0.1) is 15.8 Å². The fraction of sp³-hybridized carbons (Fsp3) is 0.727. The maximum atomic E-state index is 4.42. The summed E-state index contributed by atoms with van der Waals surface area (Å²) < 4.78 is 3.41. The quantitative estimate of drug-likeness (QED) is 0.781. The van der Waals surface area contributed by atoms with Crippen LogP contribution in [0.3, 0.4) is 0 Å². The van der Waals surface area contributed by atoms with E-state index < -0.39 is 0 Å². The highest BCUT2D eigenvalue weighted by Gasteiger charge is 2.32. The van der Waals surface area contributed by atoms with E-state index in [1.807, 2.05) is 6.20 Å². The SMILES string of the molecule is Ic1cnn(C2CCN(C3CC3)CC2)c1. The van der Waals surface area contributed by atoms with Gasteiger partial charge >= 0.3 is 0 Å². The molecular weight excluding hydrogens is 301 g/mol. The molecule has 0 unspecified atom stereocenters. The Balaban J connectivity index is 1.61. The summed E-state index contributed by atoms with van der Waals surface area (Å²) in [6.07, 6.45) is 9.53. The van der Waals surface area contributed by atoms with Crippen molar-refractivity contribution < 1.29 is 0 Å². The van der Waals surface area contributed by atoms with Crippen molar-refractivity contribution in [2.75, 3.05) is 13.1 Å².